The molecular formula is C15H23NO2. The summed E-state index contributed by atoms with van der Waals surface area (Å²) in [6, 6.07) is 8.16. The molecule has 1 aliphatic rings. The highest BCUT2D eigenvalue weighted by Crippen LogP contribution is 2.22. The van der Waals surface area contributed by atoms with E-state index in [2.05, 4.69) is 24.1 Å². The molecule has 1 N–H and O–H groups in total. The number of nitrogens with zero attached hydrogens (tertiary/aromatic N) is 1. The normalized spacial score (nSPS) is 20.9. The van der Waals surface area contributed by atoms with Gasteiger partial charge in [-0.1, -0.05) is 19.1 Å². The van der Waals surface area contributed by atoms with Gasteiger partial charge < -0.3 is 14.7 Å². The summed E-state index contributed by atoms with van der Waals surface area (Å²) in [4.78, 5) is 2.22. The molecular weight excluding hydrogens is 226 g/mol. The molecule has 0 saturated carbocycles. The van der Waals surface area contributed by atoms with Crippen molar-refractivity contribution in [1.29, 1.82) is 0 Å². The third-order valence-corrected chi connectivity index (χ3v) is 3.61. The van der Waals surface area contributed by atoms with Crippen LogP contribution in [-0.2, 0) is 4.74 Å². The van der Waals surface area contributed by atoms with Gasteiger partial charge in [-0.25, -0.2) is 0 Å². The number of hydrogen-bond acceptors (Lipinski definition) is 3. The van der Waals surface area contributed by atoms with E-state index in [-0.39, 0.29) is 6.10 Å². The van der Waals surface area contributed by atoms with Crippen LogP contribution in [0.2, 0.25) is 0 Å². The summed E-state index contributed by atoms with van der Waals surface area (Å²) < 4.78 is 5.64. The van der Waals surface area contributed by atoms with Crippen molar-refractivity contribution in [3.63, 3.8) is 0 Å². The molecule has 1 unspecified atom stereocenters. The number of aliphatic hydroxyl groups excluding tert-OH is 1. The molecule has 3 nitrogen and oxygen atoms in total. The summed E-state index contributed by atoms with van der Waals surface area (Å²) in [5, 5.41) is 9.75. The van der Waals surface area contributed by atoms with E-state index in [9.17, 15) is 5.11 Å². The second-order valence-electron chi connectivity index (χ2n) is 5.03. The molecule has 1 heterocycles. The Hall–Kier alpha value is -1.06. The van der Waals surface area contributed by atoms with Gasteiger partial charge in [-0.3, -0.25) is 0 Å². The Morgan fingerprint density at radius 1 is 1.39 bits per heavy atom. The maximum Gasteiger partial charge on any atom is 0.0787 e. The Balaban J connectivity index is 1.95. The molecule has 1 aromatic carbocycles. The van der Waals surface area contributed by atoms with Crippen molar-refractivity contribution in [3.8, 4) is 0 Å². The van der Waals surface area contributed by atoms with Gasteiger partial charge in [0.25, 0.3) is 0 Å². The molecule has 18 heavy (non-hydrogen) atoms. The van der Waals surface area contributed by atoms with Crippen LogP contribution in [0.15, 0.2) is 24.3 Å². The number of rotatable bonds is 5. The fourth-order valence-corrected chi connectivity index (χ4v) is 2.39. The highest BCUT2D eigenvalue weighted by Gasteiger charge is 2.17. The van der Waals surface area contributed by atoms with E-state index in [1.165, 1.54) is 12.1 Å². The number of ether oxygens (including phenoxy) is 1. The molecule has 0 spiro atoms. The quantitative estimate of drug-likeness (QED) is 0.871. The molecule has 1 saturated heterocycles. The van der Waals surface area contributed by atoms with Crippen LogP contribution in [0, 0.1) is 0 Å². The van der Waals surface area contributed by atoms with E-state index in [4.69, 9.17) is 4.74 Å². The Morgan fingerprint density at radius 3 is 2.67 bits per heavy atom. The number of hydrogen-bond donors (Lipinski definition) is 1. The molecule has 1 fully saturated rings. The minimum Gasteiger partial charge on any atom is -0.388 e. The van der Waals surface area contributed by atoms with Crippen molar-refractivity contribution in [2.75, 3.05) is 25.1 Å². The summed E-state index contributed by atoms with van der Waals surface area (Å²) >= 11 is 0. The van der Waals surface area contributed by atoms with Crippen molar-refractivity contribution in [3.05, 3.63) is 29.8 Å². The van der Waals surface area contributed by atoms with Gasteiger partial charge in [-0.05, 0) is 37.0 Å². The summed E-state index contributed by atoms with van der Waals surface area (Å²) in [6.07, 6.45) is 3.13. The lowest BCUT2D eigenvalue weighted by Gasteiger charge is -2.23. The Labute approximate surface area is 109 Å². The second-order valence-corrected chi connectivity index (χ2v) is 5.03. The van der Waals surface area contributed by atoms with Crippen molar-refractivity contribution < 1.29 is 9.84 Å². The molecule has 0 amide bonds. The highest BCUT2D eigenvalue weighted by molar-refractivity contribution is 5.47. The summed E-state index contributed by atoms with van der Waals surface area (Å²) in [5.41, 5.74) is 2.17. The van der Waals surface area contributed by atoms with E-state index in [0.717, 1.165) is 31.6 Å². The van der Waals surface area contributed by atoms with Crippen LogP contribution in [0.25, 0.3) is 0 Å². The minimum absolute atomic E-state index is 0.345. The summed E-state index contributed by atoms with van der Waals surface area (Å²) in [5.74, 6) is 0. The average molecular weight is 249 g/mol. The molecule has 2 rings (SSSR count). The molecule has 0 bridgehead atoms. The van der Waals surface area contributed by atoms with Gasteiger partial charge >= 0.3 is 0 Å². The van der Waals surface area contributed by atoms with E-state index in [1.807, 2.05) is 19.1 Å². The van der Waals surface area contributed by atoms with Crippen LogP contribution in [0.3, 0.4) is 0 Å². The lowest BCUT2D eigenvalue weighted by molar-refractivity contribution is 0.116. The van der Waals surface area contributed by atoms with Gasteiger partial charge in [0.15, 0.2) is 0 Å². The van der Waals surface area contributed by atoms with Gasteiger partial charge in [0, 0.05) is 25.9 Å². The van der Waals surface area contributed by atoms with Gasteiger partial charge in [-0.2, -0.15) is 0 Å². The van der Waals surface area contributed by atoms with Gasteiger partial charge in [-0.15, -0.1) is 0 Å². The van der Waals surface area contributed by atoms with Crippen LogP contribution in [-0.4, -0.2) is 31.4 Å². The van der Waals surface area contributed by atoms with Gasteiger partial charge in [0.2, 0.25) is 0 Å². The predicted octanol–water partition coefficient (Wildman–Crippen LogP) is 2.75. The summed E-state index contributed by atoms with van der Waals surface area (Å²) in [6.45, 7) is 3.83. The van der Waals surface area contributed by atoms with E-state index in [0.29, 0.717) is 6.10 Å². The lowest BCUT2D eigenvalue weighted by Crippen LogP contribution is -2.28. The maximum atomic E-state index is 9.75. The second kappa shape index (κ2) is 6.21. The predicted molar refractivity (Wildman–Crippen MR) is 73.9 cm³/mol. The van der Waals surface area contributed by atoms with Crippen LogP contribution >= 0.6 is 0 Å². The molecule has 3 heteroatoms. The number of likely N-dealkylation sites (N-methyl/N-ethyl adjacent to an activating group) is 1. The molecule has 1 aromatic rings. The van der Waals surface area contributed by atoms with Crippen molar-refractivity contribution in [2.45, 2.75) is 38.4 Å². The first-order chi connectivity index (χ1) is 8.70. The standard InChI is InChI=1S/C15H23NO2/c1-3-15(17)12-6-8-13(9-7-12)16(2)11-14-5-4-10-18-14/h6-9,14-15,17H,3-5,10-11H2,1-2H3/t14?,15-/m1/s1. The summed E-state index contributed by atoms with van der Waals surface area (Å²) in [7, 11) is 2.09. The number of benzene rings is 1. The first-order valence-electron chi connectivity index (χ1n) is 6.81. The monoisotopic (exact) mass is 249 g/mol. The first-order valence-corrected chi connectivity index (χ1v) is 6.81. The minimum atomic E-state index is -0.345. The van der Waals surface area contributed by atoms with Gasteiger partial charge in [0.1, 0.15) is 0 Å². The lowest BCUT2D eigenvalue weighted by atomic mass is 10.1. The fourth-order valence-electron chi connectivity index (χ4n) is 2.39. The van der Waals surface area contributed by atoms with Crippen molar-refractivity contribution in [1.82, 2.24) is 0 Å². The molecule has 0 radical (unpaired) electrons. The molecule has 1 aliphatic heterocycles. The largest absolute Gasteiger partial charge is 0.388 e. The van der Waals surface area contributed by atoms with Crippen molar-refractivity contribution in [2.24, 2.45) is 0 Å². The number of aliphatic hydroxyl groups is 1. The van der Waals surface area contributed by atoms with Crippen molar-refractivity contribution >= 4 is 5.69 Å². The Morgan fingerprint density at radius 2 is 2.11 bits per heavy atom. The Kier molecular flexibility index (Phi) is 4.61. The van der Waals surface area contributed by atoms with Crippen LogP contribution in [0.5, 0.6) is 0 Å². The zero-order chi connectivity index (χ0) is 13.0. The van der Waals surface area contributed by atoms with Gasteiger partial charge in [0.05, 0.1) is 12.2 Å². The maximum absolute atomic E-state index is 9.75. The van der Waals surface area contributed by atoms with E-state index in [1.54, 1.807) is 0 Å². The van der Waals surface area contributed by atoms with E-state index >= 15 is 0 Å². The Bertz CT molecular complexity index is 357. The third-order valence-electron chi connectivity index (χ3n) is 3.61. The topological polar surface area (TPSA) is 32.7 Å². The molecule has 0 aromatic heterocycles. The first kappa shape index (κ1) is 13.4. The molecule has 2 atom stereocenters. The zero-order valence-corrected chi connectivity index (χ0v) is 11.3. The van der Waals surface area contributed by atoms with Crippen LogP contribution in [0.4, 0.5) is 5.69 Å². The van der Waals surface area contributed by atoms with Crippen LogP contribution in [0.1, 0.15) is 37.9 Å². The van der Waals surface area contributed by atoms with Crippen LogP contribution < -0.4 is 4.90 Å². The highest BCUT2D eigenvalue weighted by atomic mass is 16.5. The smallest absolute Gasteiger partial charge is 0.0787 e. The average Bonchev–Trinajstić information content (AvgIpc) is 2.91. The third kappa shape index (κ3) is 3.24. The number of anilines is 1. The molecule has 100 valence electrons. The zero-order valence-electron chi connectivity index (χ0n) is 11.3. The van der Waals surface area contributed by atoms with E-state index < -0.39 is 0 Å². The SMILES string of the molecule is CC[C@@H](O)c1ccc(N(C)CC2CCCO2)cc1. The molecule has 0 aliphatic carbocycles. The fraction of sp³-hybridized carbons (Fsp3) is 0.600.